The standard InChI is InChI=1S/C15H18N4O3S2/c1-8-6-10(14(21)22-3)13(24-8)16-11(20)7-23-15-18-17-12(19(15)2)9-4-5-9/h6,9H,4-5,7H2,1-3H3,(H,16,20). The highest BCUT2D eigenvalue weighted by Crippen LogP contribution is 2.39. The molecule has 1 saturated carbocycles. The third-order valence-corrected chi connectivity index (χ3v) is 5.64. The molecule has 0 aliphatic heterocycles. The van der Waals surface area contributed by atoms with Crippen LogP contribution in [0.3, 0.4) is 0 Å². The Morgan fingerprint density at radius 1 is 1.46 bits per heavy atom. The van der Waals surface area contributed by atoms with Crippen LogP contribution in [-0.4, -0.2) is 39.5 Å². The molecule has 0 saturated heterocycles. The minimum Gasteiger partial charge on any atom is -0.465 e. The molecule has 0 aromatic carbocycles. The molecule has 3 rings (SSSR count). The number of thioether (sulfide) groups is 1. The maximum atomic E-state index is 12.2. The molecule has 1 aliphatic carbocycles. The second kappa shape index (κ2) is 6.94. The number of nitrogens with zero attached hydrogens (tertiary/aromatic N) is 3. The van der Waals surface area contributed by atoms with Crippen molar-refractivity contribution in [2.45, 2.75) is 30.8 Å². The molecule has 24 heavy (non-hydrogen) atoms. The molecular formula is C15H18N4O3S2. The summed E-state index contributed by atoms with van der Waals surface area (Å²) in [6, 6.07) is 1.71. The summed E-state index contributed by atoms with van der Waals surface area (Å²) in [5, 5.41) is 12.4. The van der Waals surface area contributed by atoms with Gasteiger partial charge in [-0.1, -0.05) is 11.8 Å². The molecule has 2 heterocycles. The Labute approximate surface area is 147 Å². The van der Waals surface area contributed by atoms with E-state index in [4.69, 9.17) is 4.74 Å². The van der Waals surface area contributed by atoms with Crippen LogP contribution in [0.2, 0.25) is 0 Å². The van der Waals surface area contributed by atoms with Gasteiger partial charge in [0.2, 0.25) is 5.91 Å². The Hall–Kier alpha value is -1.87. The summed E-state index contributed by atoms with van der Waals surface area (Å²) in [4.78, 5) is 24.9. The average molecular weight is 366 g/mol. The van der Waals surface area contributed by atoms with Gasteiger partial charge in [0.05, 0.1) is 18.4 Å². The number of anilines is 1. The number of nitrogens with one attached hydrogen (secondary N) is 1. The van der Waals surface area contributed by atoms with Crippen LogP contribution in [0.15, 0.2) is 11.2 Å². The number of aryl methyl sites for hydroxylation is 1. The first kappa shape index (κ1) is 17.0. The third-order valence-electron chi connectivity index (χ3n) is 3.66. The molecule has 1 aliphatic rings. The Morgan fingerprint density at radius 3 is 2.88 bits per heavy atom. The van der Waals surface area contributed by atoms with E-state index in [1.807, 2.05) is 18.5 Å². The van der Waals surface area contributed by atoms with Gasteiger partial charge in [-0.3, -0.25) is 4.79 Å². The summed E-state index contributed by atoms with van der Waals surface area (Å²) < 4.78 is 6.69. The molecule has 9 heteroatoms. The molecule has 0 atom stereocenters. The fraction of sp³-hybridized carbons (Fsp3) is 0.467. The highest BCUT2D eigenvalue weighted by molar-refractivity contribution is 7.99. The summed E-state index contributed by atoms with van der Waals surface area (Å²) in [6.45, 7) is 1.88. The van der Waals surface area contributed by atoms with E-state index >= 15 is 0 Å². The number of ether oxygens (including phenoxy) is 1. The van der Waals surface area contributed by atoms with Crippen molar-refractivity contribution < 1.29 is 14.3 Å². The van der Waals surface area contributed by atoms with Gasteiger partial charge in [-0.05, 0) is 25.8 Å². The zero-order valence-corrected chi connectivity index (χ0v) is 15.3. The van der Waals surface area contributed by atoms with Crippen LogP contribution in [0.25, 0.3) is 0 Å². The van der Waals surface area contributed by atoms with Crippen molar-refractivity contribution in [2.75, 3.05) is 18.2 Å². The zero-order chi connectivity index (χ0) is 17.3. The maximum Gasteiger partial charge on any atom is 0.340 e. The lowest BCUT2D eigenvalue weighted by molar-refractivity contribution is -0.113. The SMILES string of the molecule is COC(=O)c1cc(C)sc1NC(=O)CSc1nnc(C2CC2)n1C. The monoisotopic (exact) mass is 366 g/mol. The largest absolute Gasteiger partial charge is 0.465 e. The lowest BCUT2D eigenvalue weighted by Gasteiger charge is -2.05. The van der Waals surface area contributed by atoms with E-state index in [1.54, 1.807) is 6.07 Å². The second-order valence-electron chi connectivity index (χ2n) is 5.60. The van der Waals surface area contributed by atoms with Gasteiger partial charge in [-0.15, -0.1) is 21.5 Å². The molecule has 1 N–H and O–H groups in total. The highest BCUT2D eigenvalue weighted by Gasteiger charge is 2.29. The van der Waals surface area contributed by atoms with Crippen molar-refractivity contribution in [1.82, 2.24) is 14.8 Å². The van der Waals surface area contributed by atoms with Gasteiger partial charge >= 0.3 is 5.97 Å². The molecule has 1 fully saturated rings. The number of carbonyl (C=O) groups is 2. The molecule has 1 amide bonds. The van der Waals surface area contributed by atoms with E-state index in [0.29, 0.717) is 16.5 Å². The number of amides is 1. The Morgan fingerprint density at radius 2 is 2.21 bits per heavy atom. The molecule has 0 bridgehead atoms. The molecule has 0 spiro atoms. The van der Waals surface area contributed by atoms with E-state index in [0.717, 1.165) is 28.7 Å². The average Bonchev–Trinajstić information content (AvgIpc) is 3.24. The van der Waals surface area contributed by atoms with Gasteiger partial charge < -0.3 is 14.6 Å². The fourth-order valence-corrected chi connectivity index (χ4v) is 3.94. The first-order chi connectivity index (χ1) is 11.5. The summed E-state index contributed by atoms with van der Waals surface area (Å²) in [6.07, 6.45) is 2.32. The predicted molar refractivity (Wildman–Crippen MR) is 92.7 cm³/mol. The van der Waals surface area contributed by atoms with Crippen molar-refractivity contribution in [3.05, 3.63) is 22.3 Å². The zero-order valence-electron chi connectivity index (χ0n) is 13.7. The smallest absolute Gasteiger partial charge is 0.340 e. The van der Waals surface area contributed by atoms with Crippen LogP contribution < -0.4 is 5.32 Å². The topological polar surface area (TPSA) is 86.1 Å². The van der Waals surface area contributed by atoms with E-state index in [-0.39, 0.29) is 11.7 Å². The number of thiophene rings is 1. The van der Waals surface area contributed by atoms with Gasteiger partial charge in [-0.2, -0.15) is 0 Å². The van der Waals surface area contributed by atoms with Crippen LogP contribution in [0.5, 0.6) is 0 Å². The molecular weight excluding hydrogens is 348 g/mol. The number of hydrogen-bond acceptors (Lipinski definition) is 7. The van der Waals surface area contributed by atoms with Crippen LogP contribution in [0.1, 0.15) is 39.8 Å². The lowest BCUT2D eigenvalue weighted by atomic mass is 10.3. The second-order valence-corrected chi connectivity index (χ2v) is 7.80. The third kappa shape index (κ3) is 3.62. The Bertz CT molecular complexity index is 780. The number of carbonyl (C=O) groups excluding carboxylic acids is 2. The highest BCUT2D eigenvalue weighted by atomic mass is 32.2. The van der Waals surface area contributed by atoms with Gasteiger partial charge in [-0.25, -0.2) is 4.79 Å². The Balaban J connectivity index is 1.61. The molecule has 2 aromatic heterocycles. The molecule has 128 valence electrons. The number of methoxy groups -OCH3 is 1. The van der Waals surface area contributed by atoms with Crippen molar-refractivity contribution in [1.29, 1.82) is 0 Å². The van der Waals surface area contributed by atoms with Crippen molar-refractivity contribution >= 4 is 40.0 Å². The lowest BCUT2D eigenvalue weighted by Crippen LogP contribution is -2.16. The van der Waals surface area contributed by atoms with Gasteiger partial charge in [0.15, 0.2) is 5.16 Å². The molecule has 2 aromatic rings. The fourth-order valence-electron chi connectivity index (χ4n) is 2.31. The van der Waals surface area contributed by atoms with Crippen molar-refractivity contribution in [3.63, 3.8) is 0 Å². The number of aromatic nitrogens is 3. The van der Waals surface area contributed by atoms with E-state index in [2.05, 4.69) is 15.5 Å². The summed E-state index contributed by atoms with van der Waals surface area (Å²) in [7, 11) is 3.24. The van der Waals surface area contributed by atoms with Gasteiger partial charge in [0, 0.05) is 17.8 Å². The van der Waals surface area contributed by atoms with Crippen LogP contribution in [0, 0.1) is 6.92 Å². The van der Waals surface area contributed by atoms with Crippen molar-refractivity contribution in [2.24, 2.45) is 7.05 Å². The van der Waals surface area contributed by atoms with Crippen LogP contribution in [-0.2, 0) is 16.6 Å². The van der Waals surface area contributed by atoms with E-state index in [1.165, 1.54) is 30.2 Å². The Kier molecular flexibility index (Phi) is 4.91. The van der Waals surface area contributed by atoms with E-state index in [9.17, 15) is 9.59 Å². The normalized spacial score (nSPS) is 13.8. The van der Waals surface area contributed by atoms with Gasteiger partial charge in [0.1, 0.15) is 10.8 Å². The summed E-state index contributed by atoms with van der Waals surface area (Å²) in [5.74, 6) is 1.06. The molecule has 7 nitrogen and oxygen atoms in total. The van der Waals surface area contributed by atoms with Crippen LogP contribution in [0.4, 0.5) is 5.00 Å². The van der Waals surface area contributed by atoms with E-state index < -0.39 is 5.97 Å². The molecule has 0 unspecified atom stereocenters. The predicted octanol–water partition coefficient (Wildman–Crippen LogP) is 2.58. The minimum atomic E-state index is -0.454. The van der Waals surface area contributed by atoms with Gasteiger partial charge in [0.25, 0.3) is 0 Å². The summed E-state index contributed by atoms with van der Waals surface area (Å²) in [5.41, 5.74) is 0.382. The number of hydrogen-bond donors (Lipinski definition) is 1. The number of rotatable bonds is 6. The summed E-state index contributed by atoms with van der Waals surface area (Å²) >= 11 is 2.69. The number of esters is 1. The minimum absolute atomic E-state index is 0.192. The molecule has 0 radical (unpaired) electrons. The first-order valence-electron chi connectivity index (χ1n) is 7.50. The maximum absolute atomic E-state index is 12.2. The van der Waals surface area contributed by atoms with Crippen LogP contribution >= 0.6 is 23.1 Å². The first-order valence-corrected chi connectivity index (χ1v) is 9.30. The van der Waals surface area contributed by atoms with Crippen molar-refractivity contribution in [3.8, 4) is 0 Å². The quantitative estimate of drug-likeness (QED) is 0.625.